The number of carboxylic acids is 1. The van der Waals surface area contributed by atoms with Crippen molar-refractivity contribution in [3.8, 4) is 0 Å². The molecule has 0 bridgehead atoms. The van der Waals surface area contributed by atoms with Gasteiger partial charge in [-0.25, -0.2) is 0 Å². The zero-order valence-electron chi connectivity index (χ0n) is 12.9. The lowest BCUT2D eigenvalue weighted by molar-refractivity contribution is -0.144. The second kappa shape index (κ2) is 6.79. The maximum Gasteiger partial charge on any atom is 0.321 e. The average Bonchev–Trinajstić information content (AvgIpc) is 3.07. The molecule has 2 aromatic rings. The van der Waals surface area contributed by atoms with Crippen molar-refractivity contribution in [3.63, 3.8) is 0 Å². The maximum atomic E-state index is 12.3. The number of amides is 1. The molecule has 1 atom stereocenters. The van der Waals surface area contributed by atoms with Gasteiger partial charge in [-0.2, -0.15) is 0 Å². The molecule has 1 unspecified atom stereocenters. The summed E-state index contributed by atoms with van der Waals surface area (Å²) in [6, 6.07) is 12.8. The van der Waals surface area contributed by atoms with Gasteiger partial charge in [0.1, 0.15) is 6.04 Å². The topological polar surface area (TPSA) is 69.6 Å². The van der Waals surface area contributed by atoms with E-state index in [1.807, 2.05) is 47.4 Å². The predicted molar refractivity (Wildman–Crippen MR) is 89.4 cm³/mol. The first-order valence-electron chi connectivity index (χ1n) is 7.89. The van der Waals surface area contributed by atoms with Crippen molar-refractivity contribution < 1.29 is 14.7 Å². The summed E-state index contributed by atoms with van der Waals surface area (Å²) in [6.45, 7) is 1.50. The number of carboxylic acid groups (broad SMARTS) is 1. The summed E-state index contributed by atoms with van der Waals surface area (Å²) in [6.07, 6.45) is 1.96. The third-order valence-corrected chi connectivity index (χ3v) is 4.31. The molecule has 1 amide bonds. The average molecular weight is 312 g/mol. The van der Waals surface area contributed by atoms with E-state index in [0.29, 0.717) is 0 Å². The van der Waals surface area contributed by atoms with Crippen molar-refractivity contribution in [2.45, 2.75) is 25.3 Å². The number of carbonyl (C=O) groups excluding carboxylic acids is 1. The Labute approximate surface area is 134 Å². The summed E-state index contributed by atoms with van der Waals surface area (Å²) in [5, 5.41) is 14.3. The molecule has 0 spiro atoms. The molecule has 1 aliphatic heterocycles. The van der Waals surface area contributed by atoms with Crippen molar-refractivity contribution in [2.24, 2.45) is 0 Å². The van der Waals surface area contributed by atoms with E-state index in [1.165, 1.54) is 0 Å². The third kappa shape index (κ3) is 3.51. The number of hydrogen-bond acceptors (Lipinski definition) is 3. The molecule has 1 saturated heterocycles. The Morgan fingerprint density at radius 3 is 2.52 bits per heavy atom. The minimum absolute atomic E-state index is 0.0292. The van der Waals surface area contributed by atoms with Gasteiger partial charge in [-0.3, -0.25) is 14.5 Å². The Bertz CT molecular complexity index is 718. The fourth-order valence-electron chi connectivity index (χ4n) is 3.14. The highest BCUT2D eigenvalue weighted by Crippen LogP contribution is 2.23. The SMILES string of the molecule is O=C(CC(C(=O)O)N1CCCC1)Nc1cccc2ccccc12. The van der Waals surface area contributed by atoms with Crippen LogP contribution in [0.2, 0.25) is 0 Å². The van der Waals surface area contributed by atoms with E-state index in [2.05, 4.69) is 5.32 Å². The van der Waals surface area contributed by atoms with Crippen molar-refractivity contribution in [1.82, 2.24) is 4.90 Å². The lowest BCUT2D eigenvalue weighted by atomic mass is 10.1. The number of nitrogens with zero attached hydrogens (tertiary/aromatic N) is 1. The van der Waals surface area contributed by atoms with Crippen LogP contribution in [-0.4, -0.2) is 41.0 Å². The lowest BCUT2D eigenvalue weighted by Gasteiger charge is -2.23. The normalized spacial score (nSPS) is 16.3. The van der Waals surface area contributed by atoms with E-state index in [9.17, 15) is 14.7 Å². The standard InChI is InChI=1S/C18H20N2O3/c21-17(12-16(18(22)23)20-10-3-4-11-20)19-15-9-5-7-13-6-1-2-8-14(13)15/h1-2,5-9,16H,3-4,10-12H2,(H,19,21)(H,22,23). The fourth-order valence-corrected chi connectivity index (χ4v) is 3.14. The quantitative estimate of drug-likeness (QED) is 0.890. The number of rotatable bonds is 5. The molecule has 0 aromatic heterocycles. The molecular formula is C18H20N2O3. The van der Waals surface area contributed by atoms with Crippen LogP contribution in [-0.2, 0) is 9.59 Å². The van der Waals surface area contributed by atoms with Gasteiger partial charge in [-0.15, -0.1) is 0 Å². The number of hydrogen-bond donors (Lipinski definition) is 2. The van der Waals surface area contributed by atoms with Gasteiger partial charge in [0, 0.05) is 11.1 Å². The monoisotopic (exact) mass is 312 g/mol. The molecule has 0 radical (unpaired) electrons. The van der Waals surface area contributed by atoms with Crippen LogP contribution < -0.4 is 5.32 Å². The predicted octanol–water partition coefficient (Wildman–Crippen LogP) is 2.72. The number of benzene rings is 2. The van der Waals surface area contributed by atoms with E-state index < -0.39 is 12.0 Å². The number of likely N-dealkylation sites (tertiary alicyclic amines) is 1. The Kier molecular flexibility index (Phi) is 4.57. The first-order valence-corrected chi connectivity index (χ1v) is 7.89. The number of anilines is 1. The van der Waals surface area contributed by atoms with Crippen molar-refractivity contribution >= 4 is 28.3 Å². The molecule has 1 aliphatic rings. The van der Waals surface area contributed by atoms with Crippen molar-refractivity contribution in [2.75, 3.05) is 18.4 Å². The van der Waals surface area contributed by atoms with E-state index >= 15 is 0 Å². The van der Waals surface area contributed by atoms with Crippen LogP contribution in [0.15, 0.2) is 42.5 Å². The highest BCUT2D eigenvalue weighted by molar-refractivity contribution is 6.03. The summed E-state index contributed by atoms with van der Waals surface area (Å²) in [7, 11) is 0. The van der Waals surface area contributed by atoms with Crippen LogP contribution in [0.5, 0.6) is 0 Å². The van der Waals surface area contributed by atoms with Gasteiger partial charge in [0.25, 0.3) is 0 Å². The van der Waals surface area contributed by atoms with Crippen molar-refractivity contribution in [3.05, 3.63) is 42.5 Å². The summed E-state index contributed by atoms with van der Waals surface area (Å²) in [4.78, 5) is 25.7. The zero-order chi connectivity index (χ0) is 16.2. The van der Waals surface area contributed by atoms with Crippen LogP contribution in [0, 0.1) is 0 Å². The van der Waals surface area contributed by atoms with Crippen LogP contribution in [0.1, 0.15) is 19.3 Å². The molecule has 0 aliphatic carbocycles. The largest absolute Gasteiger partial charge is 0.480 e. The number of aliphatic carboxylic acids is 1. The minimum atomic E-state index is -0.931. The van der Waals surface area contributed by atoms with E-state index in [-0.39, 0.29) is 12.3 Å². The van der Waals surface area contributed by atoms with Gasteiger partial charge < -0.3 is 10.4 Å². The minimum Gasteiger partial charge on any atom is -0.480 e. The second-order valence-corrected chi connectivity index (χ2v) is 5.88. The van der Waals surface area contributed by atoms with Gasteiger partial charge in [0.2, 0.25) is 5.91 Å². The molecule has 23 heavy (non-hydrogen) atoms. The first kappa shape index (κ1) is 15.5. The smallest absolute Gasteiger partial charge is 0.321 e. The van der Waals surface area contributed by atoms with E-state index in [4.69, 9.17) is 0 Å². The van der Waals surface area contributed by atoms with Crippen LogP contribution in [0.3, 0.4) is 0 Å². The second-order valence-electron chi connectivity index (χ2n) is 5.88. The Hall–Kier alpha value is -2.40. The van der Waals surface area contributed by atoms with Crippen molar-refractivity contribution in [1.29, 1.82) is 0 Å². The molecule has 1 fully saturated rings. The van der Waals surface area contributed by atoms with Gasteiger partial charge in [0.05, 0.1) is 6.42 Å². The summed E-state index contributed by atoms with van der Waals surface area (Å²) in [5.74, 6) is -1.19. The lowest BCUT2D eigenvalue weighted by Crippen LogP contribution is -2.41. The van der Waals surface area contributed by atoms with Crippen LogP contribution in [0.4, 0.5) is 5.69 Å². The summed E-state index contributed by atoms with van der Waals surface area (Å²) in [5.41, 5.74) is 0.721. The van der Waals surface area contributed by atoms with E-state index in [1.54, 1.807) is 0 Å². The fraction of sp³-hybridized carbons (Fsp3) is 0.333. The maximum absolute atomic E-state index is 12.3. The number of nitrogens with one attached hydrogen (secondary N) is 1. The molecule has 0 saturated carbocycles. The Balaban J connectivity index is 1.73. The van der Waals surface area contributed by atoms with Crippen LogP contribution in [0.25, 0.3) is 10.8 Å². The molecule has 1 heterocycles. The van der Waals surface area contributed by atoms with E-state index in [0.717, 1.165) is 42.4 Å². The molecule has 5 nitrogen and oxygen atoms in total. The Morgan fingerprint density at radius 2 is 1.78 bits per heavy atom. The molecule has 2 aromatic carbocycles. The zero-order valence-corrected chi connectivity index (χ0v) is 12.9. The van der Waals surface area contributed by atoms with Crippen LogP contribution >= 0.6 is 0 Å². The van der Waals surface area contributed by atoms with Gasteiger partial charge in [0.15, 0.2) is 0 Å². The van der Waals surface area contributed by atoms with Gasteiger partial charge >= 0.3 is 5.97 Å². The molecule has 3 rings (SSSR count). The molecule has 2 N–H and O–H groups in total. The highest BCUT2D eigenvalue weighted by Gasteiger charge is 2.30. The highest BCUT2D eigenvalue weighted by atomic mass is 16.4. The third-order valence-electron chi connectivity index (χ3n) is 4.31. The Morgan fingerprint density at radius 1 is 1.09 bits per heavy atom. The number of fused-ring (bicyclic) bond motifs is 1. The number of carbonyl (C=O) groups is 2. The summed E-state index contributed by atoms with van der Waals surface area (Å²) >= 11 is 0. The molecule has 5 heteroatoms. The van der Waals surface area contributed by atoms with Gasteiger partial charge in [-0.1, -0.05) is 36.4 Å². The molecular weight excluding hydrogens is 292 g/mol. The first-order chi connectivity index (χ1) is 11.1. The van der Waals surface area contributed by atoms with Gasteiger partial charge in [-0.05, 0) is 37.4 Å². The summed E-state index contributed by atoms with van der Waals surface area (Å²) < 4.78 is 0. The molecule has 120 valence electrons.